The smallest absolute Gasteiger partial charge is 0.253 e. The molecule has 8 nitrogen and oxygen atoms in total. The number of aryl methyl sites for hydroxylation is 1. The Labute approximate surface area is 224 Å². The molecule has 2 saturated heterocycles. The SMILES string of the molecule is Cc1ccc(C2CC(c3cccs3)=NN2C(=O)CSC2NC(=O)C3CNN(c4ccccc4)C3N2)cc1. The Morgan fingerprint density at radius 1 is 1.11 bits per heavy atom. The summed E-state index contributed by atoms with van der Waals surface area (Å²) in [5, 5.41) is 17.0. The summed E-state index contributed by atoms with van der Waals surface area (Å²) in [6, 6.07) is 22.2. The summed E-state index contributed by atoms with van der Waals surface area (Å²) in [5.74, 6) is -0.117. The maximum absolute atomic E-state index is 13.5. The molecule has 6 rings (SSSR count). The lowest BCUT2D eigenvalue weighted by Gasteiger charge is -2.37. The van der Waals surface area contributed by atoms with E-state index in [4.69, 9.17) is 5.10 Å². The molecule has 10 heteroatoms. The molecule has 190 valence electrons. The van der Waals surface area contributed by atoms with Gasteiger partial charge in [0.2, 0.25) is 5.91 Å². The van der Waals surface area contributed by atoms with Crippen LogP contribution in [-0.2, 0) is 9.59 Å². The number of nitrogens with zero attached hydrogens (tertiary/aromatic N) is 3. The van der Waals surface area contributed by atoms with E-state index in [1.807, 2.05) is 52.9 Å². The molecule has 2 aromatic carbocycles. The van der Waals surface area contributed by atoms with Gasteiger partial charge in [-0.25, -0.2) is 10.4 Å². The Morgan fingerprint density at radius 2 is 1.92 bits per heavy atom. The van der Waals surface area contributed by atoms with Crippen LogP contribution in [0.5, 0.6) is 0 Å². The Kier molecular flexibility index (Phi) is 6.72. The third-order valence-electron chi connectivity index (χ3n) is 6.91. The van der Waals surface area contributed by atoms with Crippen LogP contribution in [0.25, 0.3) is 0 Å². The largest absolute Gasteiger partial charge is 0.331 e. The highest BCUT2D eigenvalue weighted by Gasteiger charge is 2.44. The van der Waals surface area contributed by atoms with Gasteiger partial charge in [-0.3, -0.25) is 19.9 Å². The van der Waals surface area contributed by atoms with E-state index in [2.05, 4.69) is 47.2 Å². The lowest BCUT2D eigenvalue weighted by molar-refractivity contribution is -0.130. The zero-order valence-corrected chi connectivity index (χ0v) is 22.0. The average Bonchev–Trinajstić information content (AvgIpc) is 3.68. The predicted molar refractivity (Wildman–Crippen MR) is 148 cm³/mol. The molecule has 4 unspecified atom stereocenters. The Hall–Kier alpha value is -3.18. The van der Waals surface area contributed by atoms with Gasteiger partial charge in [-0.1, -0.05) is 54.1 Å². The van der Waals surface area contributed by atoms with Gasteiger partial charge in [0.1, 0.15) is 11.7 Å². The number of hydrogen-bond acceptors (Lipinski definition) is 8. The Morgan fingerprint density at radius 3 is 2.68 bits per heavy atom. The highest BCUT2D eigenvalue weighted by atomic mass is 32.2. The van der Waals surface area contributed by atoms with Crippen LogP contribution in [0.1, 0.15) is 28.5 Å². The van der Waals surface area contributed by atoms with E-state index in [9.17, 15) is 9.59 Å². The number of benzene rings is 2. The lowest BCUT2D eigenvalue weighted by Crippen LogP contribution is -2.63. The maximum Gasteiger partial charge on any atom is 0.253 e. The lowest BCUT2D eigenvalue weighted by atomic mass is 10.00. The number of fused-ring (bicyclic) bond motifs is 1. The zero-order valence-electron chi connectivity index (χ0n) is 20.3. The van der Waals surface area contributed by atoms with Crippen molar-refractivity contribution in [3.63, 3.8) is 0 Å². The van der Waals surface area contributed by atoms with Crippen LogP contribution in [0.3, 0.4) is 0 Å². The average molecular weight is 533 g/mol. The minimum atomic E-state index is -0.384. The van der Waals surface area contributed by atoms with Crippen molar-refractivity contribution in [2.24, 2.45) is 11.0 Å². The molecule has 4 heterocycles. The van der Waals surface area contributed by atoms with Gasteiger partial charge in [0.15, 0.2) is 0 Å². The zero-order chi connectivity index (χ0) is 25.4. The molecular weight excluding hydrogens is 504 g/mol. The predicted octanol–water partition coefficient (Wildman–Crippen LogP) is 3.44. The van der Waals surface area contributed by atoms with Crippen molar-refractivity contribution in [3.05, 3.63) is 88.1 Å². The number of hydrogen-bond donors (Lipinski definition) is 3. The summed E-state index contributed by atoms with van der Waals surface area (Å²) >= 11 is 3.02. The minimum absolute atomic E-state index is 0.0173. The van der Waals surface area contributed by atoms with Gasteiger partial charge in [-0.05, 0) is 36.1 Å². The fourth-order valence-electron chi connectivity index (χ4n) is 4.98. The van der Waals surface area contributed by atoms with Crippen LogP contribution in [0.15, 0.2) is 77.2 Å². The molecule has 3 N–H and O–H groups in total. The van der Waals surface area contributed by atoms with E-state index in [-0.39, 0.29) is 41.2 Å². The first kappa shape index (κ1) is 24.2. The van der Waals surface area contributed by atoms with E-state index in [1.54, 1.807) is 16.3 Å². The second-order valence-corrected chi connectivity index (χ2v) is 11.4. The first-order chi connectivity index (χ1) is 18.1. The van der Waals surface area contributed by atoms with E-state index in [1.165, 1.54) is 17.3 Å². The third kappa shape index (κ3) is 4.89. The second kappa shape index (κ2) is 10.3. The number of carbonyl (C=O) groups excluding carboxylic acids is 2. The molecule has 0 aliphatic carbocycles. The van der Waals surface area contributed by atoms with E-state index in [0.29, 0.717) is 13.0 Å². The number of thioether (sulfide) groups is 1. The van der Waals surface area contributed by atoms with E-state index >= 15 is 0 Å². The van der Waals surface area contributed by atoms with Gasteiger partial charge < -0.3 is 5.32 Å². The van der Waals surface area contributed by atoms with Crippen LogP contribution < -0.4 is 21.1 Å². The van der Waals surface area contributed by atoms with Gasteiger partial charge in [0.25, 0.3) is 5.91 Å². The van der Waals surface area contributed by atoms with Crippen LogP contribution >= 0.6 is 23.1 Å². The molecule has 2 amide bonds. The first-order valence-corrected chi connectivity index (χ1v) is 14.3. The monoisotopic (exact) mass is 532 g/mol. The van der Waals surface area contributed by atoms with Crippen molar-refractivity contribution in [1.29, 1.82) is 0 Å². The standard InChI is InChI=1S/C27H28N6O2S2/c1-17-9-11-18(12-10-17)22-14-21(23-8-5-13-36-23)31-33(22)24(34)16-37-27-29-25-20(26(35)30-27)15-28-32(25)19-6-3-2-4-7-19/h2-13,20,22,25,27-29H,14-16H2,1H3,(H,30,35). The van der Waals surface area contributed by atoms with E-state index in [0.717, 1.165) is 21.8 Å². The number of rotatable bonds is 6. The van der Waals surface area contributed by atoms with Crippen molar-refractivity contribution < 1.29 is 9.59 Å². The van der Waals surface area contributed by atoms with Crippen LogP contribution in [0.2, 0.25) is 0 Å². The molecule has 2 fully saturated rings. The molecule has 3 aliphatic heterocycles. The minimum Gasteiger partial charge on any atom is -0.331 e. The fourth-order valence-corrected chi connectivity index (χ4v) is 6.58. The number of para-hydroxylation sites is 1. The molecule has 4 atom stereocenters. The molecule has 0 bridgehead atoms. The maximum atomic E-state index is 13.5. The molecule has 0 saturated carbocycles. The molecule has 3 aromatic rings. The number of hydrazine groups is 1. The summed E-state index contributed by atoms with van der Waals surface area (Å²) in [4.78, 5) is 27.4. The molecular formula is C27H28N6O2S2. The third-order valence-corrected chi connectivity index (χ3v) is 8.83. The van der Waals surface area contributed by atoms with Gasteiger partial charge in [-0.2, -0.15) is 5.10 Å². The second-order valence-electron chi connectivity index (χ2n) is 9.38. The number of anilines is 1. The molecule has 3 aliphatic rings. The summed E-state index contributed by atoms with van der Waals surface area (Å²) in [6.45, 7) is 2.61. The molecule has 0 radical (unpaired) electrons. The van der Waals surface area contributed by atoms with Crippen molar-refractivity contribution in [2.75, 3.05) is 17.3 Å². The summed E-state index contributed by atoms with van der Waals surface area (Å²) in [6.07, 6.45) is 0.485. The first-order valence-electron chi connectivity index (χ1n) is 12.3. The topological polar surface area (TPSA) is 89.1 Å². The van der Waals surface area contributed by atoms with Crippen LogP contribution in [-0.4, -0.2) is 46.5 Å². The summed E-state index contributed by atoms with van der Waals surface area (Å²) < 4.78 is 0. The number of carbonyl (C=O) groups is 2. The molecule has 37 heavy (non-hydrogen) atoms. The molecule has 0 spiro atoms. The van der Waals surface area contributed by atoms with Gasteiger partial charge in [-0.15, -0.1) is 23.1 Å². The van der Waals surface area contributed by atoms with Crippen molar-refractivity contribution in [3.8, 4) is 0 Å². The normalized spacial score (nSPS) is 25.1. The van der Waals surface area contributed by atoms with Crippen molar-refractivity contribution in [1.82, 2.24) is 21.1 Å². The highest BCUT2D eigenvalue weighted by Crippen LogP contribution is 2.35. The fraction of sp³-hybridized carbons (Fsp3) is 0.296. The Bertz CT molecular complexity index is 1300. The van der Waals surface area contributed by atoms with Crippen molar-refractivity contribution >= 4 is 46.3 Å². The number of amides is 2. The van der Waals surface area contributed by atoms with Crippen molar-refractivity contribution in [2.45, 2.75) is 31.0 Å². The van der Waals surface area contributed by atoms with E-state index < -0.39 is 0 Å². The van der Waals surface area contributed by atoms with Crippen LogP contribution in [0, 0.1) is 12.8 Å². The van der Waals surface area contributed by atoms with Gasteiger partial charge >= 0.3 is 0 Å². The summed E-state index contributed by atoms with van der Waals surface area (Å²) in [7, 11) is 0. The quantitative estimate of drug-likeness (QED) is 0.451. The summed E-state index contributed by atoms with van der Waals surface area (Å²) in [5.41, 5.74) is 7.12. The molecule has 1 aromatic heterocycles. The van der Waals surface area contributed by atoms with Gasteiger partial charge in [0, 0.05) is 13.0 Å². The number of hydrazone groups is 1. The highest BCUT2D eigenvalue weighted by molar-refractivity contribution is 8.00. The van der Waals surface area contributed by atoms with Crippen LogP contribution in [0.4, 0.5) is 5.69 Å². The number of nitrogens with one attached hydrogen (secondary N) is 3. The van der Waals surface area contributed by atoms with Gasteiger partial charge in [0.05, 0.1) is 34.0 Å². The Balaban J connectivity index is 1.16. The number of thiophene rings is 1.